The lowest BCUT2D eigenvalue weighted by atomic mass is 10.2. The third kappa shape index (κ3) is 3.99. The molecule has 3 rings (SSSR count). The number of halogens is 2. The van der Waals surface area contributed by atoms with Gasteiger partial charge in [-0.2, -0.15) is 0 Å². The Labute approximate surface area is 150 Å². The zero-order valence-electron chi connectivity index (χ0n) is 13.6. The van der Waals surface area contributed by atoms with Crippen molar-refractivity contribution in [3.05, 3.63) is 70.5 Å². The molecule has 0 spiro atoms. The maximum Gasteiger partial charge on any atom is 0.256 e. The third-order valence-electron chi connectivity index (χ3n) is 4.25. The quantitative estimate of drug-likeness (QED) is 0.822. The molecule has 1 aliphatic heterocycles. The fourth-order valence-electron chi connectivity index (χ4n) is 2.93. The predicted octanol–water partition coefficient (Wildman–Crippen LogP) is 3.47. The summed E-state index contributed by atoms with van der Waals surface area (Å²) in [4.78, 5) is 28.4. The first-order valence-electron chi connectivity index (χ1n) is 8.15. The number of benzene rings is 2. The molecule has 2 aromatic rings. The summed E-state index contributed by atoms with van der Waals surface area (Å²) in [6.07, 6.45) is 0.645. The maximum absolute atomic E-state index is 13.8. The highest BCUT2D eigenvalue weighted by atomic mass is 35.5. The summed E-state index contributed by atoms with van der Waals surface area (Å²) in [5.41, 5.74) is 0.596. The van der Waals surface area contributed by atoms with E-state index < -0.39 is 5.82 Å². The molecule has 0 unspecified atom stereocenters. The molecule has 0 saturated carbocycles. The van der Waals surface area contributed by atoms with Gasteiger partial charge in [-0.15, -0.1) is 0 Å². The number of carbonyl (C=O) groups is 2. The Morgan fingerprint density at radius 1 is 0.880 bits per heavy atom. The molecule has 4 nitrogen and oxygen atoms in total. The van der Waals surface area contributed by atoms with E-state index in [4.69, 9.17) is 11.6 Å². The number of rotatable bonds is 2. The van der Waals surface area contributed by atoms with Gasteiger partial charge in [0, 0.05) is 36.8 Å². The number of carbonyl (C=O) groups excluding carboxylic acids is 2. The standard InChI is InChI=1S/C19H18ClFN2O2/c20-15-6-3-5-14(13-15)18(24)22-9-4-10-23(12-11-22)19(25)16-7-1-2-8-17(16)21/h1-3,5-8,13H,4,9-12H2. The van der Waals surface area contributed by atoms with E-state index in [2.05, 4.69) is 0 Å². The first kappa shape index (κ1) is 17.4. The average Bonchev–Trinajstić information content (AvgIpc) is 2.87. The normalized spacial score (nSPS) is 15.0. The molecule has 0 aromatic heterocycles. The lowest BCUT2D eigenvalue weighted by molar-refractivity contribution is 0.0716. The number of hydrogen-bond donors (Lipinski definition) is 0. The average molecular weight is 361 g/mol. The highest BCUT2D eigenvalue weighted by Gasteiger charge is 2.24. The molecule has 2 amide bonds. The van der Waals surface area contributed by atoms with E-state index >= 15 is 0 Å². The summed E-state index contributed by atoms with van der Waals surface area (Å²) < 4.78 is 13.8. The van der Waals surface area contributed by atoms with Gasteiger partial charge in [-0.25, -0.2) is 4.39 Å². The molecule has 0 atom stereocenters. The van der Waals surface area contributed by atoms with Crippen LogP contribution in [0.25, 0.3) is 0 Å². The van der Waals surface area contributed by atoms with Gasteiger partial charge in [0.1, 0.15) is 5.82 Å². The first-order chi connectivity index (χ1) is 12.1. The summed E-state index contributed by atoms with van der Waals surface area (Å²) in [7, 11) is 0. The maximum atomic E-state index is 13.8. The van der Waals surface area contributed by atoms with Gasteiger partial charge in [0.25, 0.3) is 11.8 Å². The van der Waals surface area contributed by atoms with Crippen molar-refractivity contribution in [2.45, 2.75) is 6.42 Å². The molecule has 0 radical (unpaired) electrons. The van der Waals surface area contributed by atoms with Gasteiger partial charge < -0.3 is 9.80 Å². The van der Waals surface area contributed by atoms with Gasteiger partial charge >= 0.3 is 0 Å². The van der Waals surface area contributed by atoms with Crippen LogP contribution in [0.1, 0.15) is 27.1 Å². The van der Waals surface area contributed by atoms with Crippen LogP contribution in [0.2, 0.25) is 5.02 Å². The highest BCUT2D eigenvalue weighted by Crippen LogP contribution is 2.16. The number of amides is 2. The summed E-state index contributed by atoms with van der Waals surface area (Å²) in [5, 5.41) is 0.511. The van der Waals surface area contributed by atoms with Crippen LogP contribution in [0.15, 0.2) is 48.5 Å². The van der Waals surface area contributed by atoms with Gasteiger partial charge in [-0.1, -0.05) is 29.8 Å². The van der Waals surface area contributed by atoms with E-state index in [1.54, 1.807) is 46.2 Å². The molecule has 1 fully saturated rings. The Hall–Kier alpha value is -2.40. The molecule has 2 aromatic carbocycles. The van der Waals surface area contributed by atoms with Crippen molar-refractivity contribution in [1.82, 2.24) is 9.80 Å². The fourth-order valence-corrected chi connectivity index (χ4v) is 3.12. The van der Waals surface area contributed by atoms with E-state index in [-0.39, 0.29) is 17.4 Å². The second kappa shape index (κ2) is 7.66. The molecule has 0 aliphatic carbocycles. The molecule has 0 N–H and O–H groups in total. The summed E-state index contributed by atoms with van der Waals surface area (Å²) >= 11 is 5.95. The van der Waals surface area contributed by atoms with Crippen molar-refractivity contribution < 1.29 is 14.0 Å². The van der Waals surface area contributed by atoms with Gasteiger partial charge in [0.15, 0.2) is 0 Å². The molecule has 6 heteroatoms. The van der Waals surface area contributed by atoms with Crippen molar-refractivity contribution in [1.29, 1.82) is 0 Å². The van der Waals surface area contributed by atoms with Crippen LogP contribution in [-0.2, 0) is 0 Å². The van der Waals surface area contributed by atoms with Crippen LogP contribution in [-0.4, -0.2) is 47.8 Å². The monoisotopic (exact) mass is 360 g/mol. The van der Waals surface area contributed by atoms with E-state index in [1.807, 2.05) is 0 Å². The van der Waals surface area contributed by atoms with Crippen molar-refractivity contribution in [3.63, 3.8) is 0 Å². The lowest BCUT2D eigenvalue weighted by Gasteiger charge is -2.22. The minimum absolute atomic E-state index is 0.0668. The van der Waals surface area contributed by atoms with Crippen LogP contribution in [0.3, 0.4) is 0 Å². The summed E-state index contributed by atoms with van der Waals surface area (Å²) in [6, 6.07) is 12.8. The molecule has 1 heterocycles. The SMILES string of the molecule is O=C(c1cccc(Cl)c1)N1CCCN(C(=O)c2ccccc2F)CC1. The van der Waals surface area contributed by atoms with E-state index in [1.165, 1.54) is 12.1 Å². The molecular formula is C19H18ClFN2O2. The molecule has 0 bridgehead atoms. The molecule has 130 valence electrons. The van der Waals surface area contributed by atoms with Crippen LogP contribution in [0.5, 0.6) is 0 Å². The molecule has 1 saturated heterocycles. The van der Waals surface area contributed by atoms with Crippen molar-refractivity contribution in [3.8, 4) is 0 Å². The first-order valence-corrected chi connectivity index (χ1v) is 8.53. The largest absolute Gasteiger partial charge is 0.337 e. The van der Waals surface area contributed by atoms with Gasteiger partial charge in [0.2, 0.25) is 0 Å². The van der Waals surface area contributed by atoms with Crippen LogP contribution in [0, 0.1) is 5.82 Å². The van der Waals surface area contributed by atoms with E-state index in [0.29, 0.717) is 43.2 Å². The third-order valence-corrected chi connectivity index (χ3v) is 4.48. The smallest absolute Gasteiger partial charge is 0.256 e. The summed E-state index contributed by atoms with van der Waals surface area (Å²) in [5.74, 6) is -0.971. The van der Waals surface area contributed by atoms with Gasteiger partial charge in [-0.05, 0) is 36.8 Å². The fraction of sp³-hybridized carbons (Fsp3) is 0.263. The number of hydrogen-bond acceptors (Lipinski definition) is 2. The molecular weight excluding hydrogens is 343 g/mol. The Morgan fingerprint density at radius 2 is 1.56 bits per heavy atom. The zero-order valence-corrected chi connectivity index (χ0v) is 14.4. The molecule has 1 aliphatic rings. The minimum atomic E-state index is -0.524. The minimum Gasteiger partial charge on any atom is -0.337 e. The van der Waals surface area contributed by atoms with Crippen molar-refractivity contribution in [2.24, 2.45) is 0 Å². The second-order valence-electron chi connectivity index (χ2n) is 5.93. The topological polar surface area (TPSA) is 40.6 Å². The number of nitrogens with zero attached hydrogens (tertiary/aromatic N) is 2. The van der Waals surface area contributed by atoms with E-state index in [9.17, 15) is 14.0 Å². The Balaban J connectivity index is 1.69. The second-order valence-corrected chi connectivity index (χ2v) is 6.36. The highest BCUT2D eigenvalue weighted by molar-refractivity contribution is 6.30. The summed E-state index contributed by atoms with van der Waals surface area (Å²) in [6.45, 7) is 1.82. The van der Waals surface area contributed by atoms with Crippen LogP contribution in [0.4, 0.5) is 4.39 Å². The van der Waals surface area contributed by atoms with E-state index in [0.717, 1.165) is 0 Å². The van der Waals surface area contributed by atoms with Gasteiger partial charge in [-0.3, -0.25) is 9.59 Å². The van der Waals surface area contributed by atoms with Gasteiger partial charge in [0.05, 0.1) is 5.56 Å². The Bertz CT molecular complexity index is 796. The zero-order chi connectivity index (χ0) is 17.8. The van der Waals surface area contributed by atoms with Crippen molar-refractivity contribution in [2.75, 3.05) is 26.2 Å². The van der Waals surface area contributed by atoms with Crippen LogP contribution < -0.4 is 0 Å². The Kier molecular flexibility index (Phi) is 5.34. The predicted molar refractivity (Wildman–Crippen MR) is 94.3 cm³/mol. The van der Waals surface area contributed by atoms with Crippen molar-refractivity contribution >= 4 is 23.4 Å². The molecule has 25 heavy (non-hydrogen) atoms. The lowest BCUT2D eigenvalue weighted by Crippen LogP contribution is -2.37. The van der Waals surface area contributed by atoms with Crippen LogP contribution >= 0.6 is 11.6 Å². The Morgan fingerprint density at radius 3 is 2.24 bits per heavy atom.